The molecule has 1 aliphatic rings. The molecule has 0 spiro atoms. The summed E-state index contributed by atoms with van der Waals surface area (Å²) in [4.78, 5) is 10.6. The van der Waals surface area contributed by atoms with Gasteiger partial charge in [-0.2, -0.15) is 0 Å². The molecule has 66 valence electrons. The number of carboxylic acids is 1. The maximum atomic E-state index is 11.0. The van der Waals surface area contributed by atoms with Crippen molar-refractivity contribution in [1.29, 1.82) is 0 Å². The first-order valence-corrected chi connectivity index (χ1v) is 5.22. The van der Waals surface area contributed by atoms with Crippen LogP contribution in [0.15, 0.2) is 0 Å². The van der Waals surface area contributed by atoms with Gasteiger partial charge in [0.2, 0.25) is 0 Å². The second-order valence-electron chi connectivity index (χ2n) is 2.93. The third kappa shape index (κ3) is 1.54. The number of carbonyl (C=O) groups is 1. The first kappa shape index (κ1) is 12.0. The standard InChI is InChI=1S/C6H10O4S.Li.H/c1-11(9,10)6(5(7)8)3-2-4-6;;/h2-4H2,1H3,(H,7,8);;. The van der Waals surface area contributed by atoms with Gasteiger partial charge in [-0.05, 0) is 19.3 Å². The van der Waals surface area contributed by atoms with Crippen LogP contribution in [0.5, 0.6) is 0 Å². The van der Waals surface area contributed by atoms with E-state index in [1.165, 1.54) is 0 Å². The molecule has 1 N–H and O–H groups in total. The van der Waals surface area contributed by atoms with Crippen LogP contribution in [-0.2, 0) is 14.6 Å². The molecule has 12 heavy (non-hydrogen) atoms. The number of rotatable bonds is 2. The average Bonchev–Trinajstić information content (AvgIpc) is 1.52. The van der Waals surface area contributed by atoms with Crippen LogP contribution in [0.1, 0.15) is 19.3 Å². The molecule has 6 heteroatoms. The zero-order chi connectivity index (χ0) is 8.70. The molecule has 0 aromatic carbocycles. The van der Waals surface area contributed by atoms with Gasteiger partial charge in [0.15, 0.2) is 14.6 Å². The summed E-state index contributed by atoms with van der Waals surface area (Å²) in [6, 6.07) is 0. The molecule has 0 aliphatic heterocycles. The first-order valence-electron chi connectivity index (χ1n) is 3.33. The van der Waals surface area contributed by atoms with Crippen LogP contribution >= 0.6 is 0 Å². The summed E-state index contributed by atoms with van der Waals surface area (Å²) in [7, 11) is -3.43. The third-order valence-corrected chi connectivity index (χ3v) is 4.26. The van der Waals surface area contributed by atoms with E-state index < -0.39 is 20.6 Å². The van der Waals surface area contributed by atoms with Crippen LogP contribution in [0.3, 0.4) is 0 Å². The number of sulfone groups is 1. The quantitative estimate of drug-likeness (QED) is 0.584. The minimum absolute atomic E-state index is 0. The molecule has 0 saturated heterocycles. The summed E-state index contributed by atoms with van der Waals surface area (Å²) >= 11 is 0. The van der Waals surface area contributed by atoms with Crippen molar-refractivity contribution in [3.63, 3.8) is 0 Å². The monoisotopic (exact) mass is 186 g/mol. The number of hydrogen-bond acceptors (Lipinski definition) is 3. The second kappa shape index (κ2) is 3.41. The van der Waals surface area contributed by atoms with Crippen molar-refractivity contribution < 1.29 is 18.3 Å². The van der Waals surface area contributed by atoms with Gasteiger partial charge >= 0.3 is 24.8 Å². The Labute approximate surface area is 83.4 Å². The van der Waals surface area contributed by atoms with Gasteiger partial charge in [0.25, 0.3) is 0 Å². The van der Waals surface area contributed by atoms with E-state index in [1.807, 2.05) is 0 Å². The molecule has 0 amide bonds. The number of carboxylic acid groups (broad SMARTS) is 1. The van der Waals surface area contributed by atoms with Crippen molar-refractivity contribution >= 4 is 34.7 Å². The fourth-order valence-electron chi connectivity index (χ4n) is 1.24. The van der Waals surface area contributed by atoms with E-state index >= 15 is 0 Å². The normalized spacial score (nSPS) is 20.4. The molecule has 1 aliphatic carbocycles. The summed E-state index contributed by atoms with van der Waals surface area (Å²) in [5.41, 5.74) is 0. The molecule has 0 aromatic rings. The molecule has 0 unspecified atom stereocenters. The second-order valence-corrected chi connectivity index (χ2v) is 5.25. The van der Waals surface area contributed by atoms with E-state index in [1.54, 1.807) is 0 Å². The molecular formula is C6H11LiO4S. The van der Waals surface area contributed by atoms with Gasteiger partial charge in [0.05, 0.1) is 0 Å². The van der Waals surface area contributed by atoms with E-state index in [2.05, 4.69) is 0 Å². The van der Waals surface area contributed by atoms with E-state index in [9.17, 15) is 13.2 Å². The van der Waals surface area contributed by atoms with Crippen molar-refractivity contribution in [3.05, 3.63) is 0 Å². The van der Waals surface area contributed by atoms with Gasteiger partial charge in [0, 0.05) is 6.26 Å². The van der Waals surface area contributed by atoms with Gasteiger partial charge in [-0.3, -0.25) is 4.79 Å². The predicted molar refractivity (Wildman–Crippen MR) is 46.2 cm³/mol. The number of hydrogen-bond donors (Lipinski definition) is 1. The summed E-state index contributed by atoms with van der Waals surface area (Å²) in [6.45, 7) is 0. The Morgan fingerprint density at radius 3 is 1.83 bits per heavy atom. The zero-order valence-corrected chi connectivity index (χ0v) is 7.02. The van der Waals surface area contributed by atoms with E-state index in [-0.39, 0.29) is 31.7 Å². The SMILES string of the molecule is CS(=O)(=O)C1(C(=O)O)CCC1.[LiH]. The Kier molecular flexibility index (Phi) is 3.41. The van der Waals surface area contributed by atoms with Crippen molar-refractivity contribution in [1.82, 2.24) is 0 Å². The topological polar surface area (TPSA) is 71.4 Å². The molecule has 0 heterocycles. The Morgan fingerprint density at radius 1 is 1.42 bits per heavy atom. The molecule has 1 fully saturated rings. The molecule has 1 rings (SSSR count). The molecule has 0 aromatic heterocycles. The van der Waals surface area contributed by atoms with Crippen molar-refractivity contribution in [3.8, 4) is 0 Å². The molecule has 0 bridgehead atoms. The van der Waals surface area contributed by atoms with Gasteiger partial charge in [0.1, 0.15) is 0 Å². The first-order chi connectivity index (χ1) is 4.90. The van der Waals surface area contributed by atoms with Crippen molar-refractivity contribution in [2.24, 2.45) is 0 Å². The Balaban J connectivity index is 0.00000121. The summed E-state index contributed by atoms with van der Waals surface area (Å²) in [5.74, 6) is -1.20. The average molecular weight is 186 g/mol. The van der Waals surface area contributed by atoms with E-state index in [4.69, 9.17) is 5.11 Å². The van der Waals surface area contributed by atoms with Gasteiger partial charge < -0.3 is 5.11 Å². The fourth-order valence-corrected chi connectivity index (χ4v) is 2.59. The summed E-state index contributed by atoms with van der Waals surface area (Å²) < 4.78 is 20.5. The fraction of sp³-hybridized carbons (Fsp3) is 0.833. The third-order valence-electron chi connectivity index (χ3n) is 2.26. The predicted octanol–water partition coefficient (Wildman–Crippen LogP) is -0.610. The molecule has 1 saturated carbocycles. The molecule has 4 nitrogen and oxygen atoms in total. The van der Waals surface area contributed by atoms with Gasteiger partial charge in [-0.15, -0.1) is 0 Å². The van der Waals surface area contributed by atoms with Gasteiger partial charge in [-0.25, -0.2) is 8.42 Å². The Hall–Kier alpha value is 0.0174. The maximum absolute atomic E-state index is 11.0. The summed E-state index contributed by atoms with van der Waals surface area (Å²) in [6.07, 6.45) is 2.21. The van der Waals surface area contributed by atoms with Crippen LogP contribution in [0.25, 0.3) is 0 Å². The minimum atomic E-state index is -3.43. The molecule has 0 radical (unpaired) electrons. The molecular weight excluding hydrogens is 175 g/mol. The van der Waals surface area contributed by atoms with Gasteiger partial charge in [-0.1, -0.05) is 0 Å². The van der Waals surface area contributed by atoms with Crippen LogP contribution in [0, 0.1) is 0 Å². The van der Waals surface area contributed by atoms with Crippen LogP contribution in [0.4, 0.5) is 0 Å². The molecule has 0 atom stereocenters. The van der Waals surface area contributed by atoms with Crippen molar-refractivity contribution in [2.45, 2.75) is 24.0 Å². The number of aliphatic carboxylic acids is 1. The van der Waals surface area contributed by atoms with Crippen LogP contribution < -0.4 is 0 Å². The van der Waals surface area contributed by atoms with Crippen LogP contribution in [0.2, 0.25) is 0 Å². The van der Waals surface area contributed by atoms with E-state index in [0.29, 0.717) is 6.42 Å². The zero-order valence-electron chi connectivity index (χ0n) is 6.20. The van der Waals surface area contributed by atoms with Crippen molar-refractivity contribution in [2.75, 3.05) is 6.26 Å². The Bertz CT molecular complexity index is 278. The van der Waals surface area contributed by atoms with E-state index in [0.717, 1.165) is 6.26 Å². The summed E-state index contributed by atoms with van der Waals surface area (Å²) in [5, 5.41) is 8.64. The van der Waals surface area contributed by atoms with Crippen LogP contribution in [-0.4, -0.2) is 49.4 Å². The Morgan fingerprint density at radius 2 is 1.83 bits per heavy atom.